The predicted octanol–water partition coefficient (Wildman–Crippen LogP) is 4.40. The first-order valence-corrected chi connectivity index (χ1v) is 8.73. The van der Waals surface area contributed by atoms with Gasteiger partial charge in [-0.3, -0.25) is 0 Å². The molecule has 0 aliphatic rings. The van der Waals surface area contributed by atoms with Crippen molar-refractivity contribution in [1.82, 2.24) is 15.2 Å². The largest absolute Gasteiger partial charge is 0.489 e. The van der Waals surface area contributed by atoms with Crippen LogP contribution in [-0.4, -0.2) is 21.2 Å². The molecule has 1 atom stereocenters. The number of ether oxygens (including phenoxy) is 1. The summed E-state index contributed by atoms with van der Waals surface area (Å²) in [5, 5.41) is 14.4. The first-order valence-electron chi connectivity index (χ1n) is 8.73. The molecule has 0 aliphatic carbocycles. The summed E-state index contributed by atoms with van der Waals surface area (Å²) in [7, 11) is 0. The molecule has 134 valence electrons. The molecule has 1 heterocycles. The lowest BCUT2D eigenvalue weighted by Gasteiger charge is -2.12. The van der Waals surface area contributed by atoms with E-state index in [0.29, 0.717) is 24.4 Å². The molecule has 1 unspecified atom stereocenters. The highest BCUT2D eigenvalue weighted by Gasteiger charge is 2.04. The number of nitrogens with zero attached hydrogens (tertiary/aromatic N) is 3. The van der Waals surface area contributed by atoms with E-state index in [1.807, 2.05) is 54.6 Å². The summed E-state index contributed by atoms with van der Waals surface area (Å²) in [5.41, 5.74) is 2.05. The molecule has 1 aromatic heterocycles. The molecule has 0 bridgehead atoms. The van der Waals surface area contributed by atoms with Gasteiger partial charge in [0.2, 0.25) is 5.95 Å². The fourth-order valence-corrected chi connectivity index (χ4v) is 2.27. The zero-order valence-electron chi connectivity index (χ0n) is 15.0. The van der Waals surface area contributed by atoms with Crippen LogP contribution in [0.15, 0.2) is 60.8 Å². The standard InChI is InChI=1S/C20H23N5O/c1-3-15(2)22-20-24-19(13-21-25-20)23-17-9-11-18(12-10-17)26-14-16-7-5-4-6-8-16/h4-13,15H,3,14H2,1-2H3,(H2,22,23,24,25). The Bertz CT molecular complexity index is 808. The van der Waals surface area contributed by atoms with Gasteiger partial charge in [0.25, 0.3) is 0 Å². The number of hydrogen-bond donors (Lipinski definition) is 2. The molecule has 3 aromatic rings. The van der Waals surface area contributed by atoms with Gasteiger partial charge >= 0.3 is 0 Å². The third kappa shape index (κ3) is 5.17. The van der Waals surface area contributed by atoms with Crippen molar-refractivity contribution in [3.8, 4) is 5.75 Å². The molecule has 3 rings (SSSR count). The van der Waals surface area contributed by atoms with Crippen LogP contribution in [0.25, 0.3) is 0 Å². The molecule has 0 aliphatic heterocycles. The van der Waals surface area contributed by atoms with Crippen LogP contribution in [0, 0.1) is 0 Å². The van der Waals surface area contributed by atoms with E-state index < -0.39 is 0 Å². The van der Waals surface area contributed by atoms with E-state index in [-0.39, 0.29) is 0 Å². The monoisotopic (exact) mass is 349 g/mol. The van der Waals surface area contributed by atoms with E-state index in [0.717, 1.165) is 23.4 Å². The van der Waals surface area contributed by atoms with Crippen molar-refractivity contribution in [2.75, 3.05) is 10.6 Å². The average molecular weight is 349 g/mol. The molecule has 0 amide bonds. The average Bonchev–Trinajstić information content (AvgIpc) is 2.68. The van der Waals surface area contributed by atoms with Crippen LogP contribution in [0.1, 0.15) is 25.8 Å². The van der Waals surface area contributed by atoms with Gasteiger partial charge in [0.05, 0.1) is 6.20 Å². The van der Waals surface area contributed by atoms with Crippen molar-refractivity contribution in [2.24, 2.45) is 0 Å². The third-order valence-corrected chi connectivity index (χ3v) is 3.92. The molecule has 6 heteroatoms. The minimum Gasteiger partial charge on any atom is -0.489 e. The summed E-state index contributed by atoms with van der Waals surface area (Å²) in [5.74, 6) is 1.98. The van der Waals surface area contributed by atoms with Gasteiger partial charge in [-0.25, -0.2) is 0 Å². The normalized spacial score (nSPS) is 11.6. The van der Waals surface area contributed by atoms with Gasteiger partial charge in [-0.1, -0.05) is 37.3 Å². The summed E-state index contributed by atoms with van der Waals surface area (Å²) < 4.78 is 5.80. The lowest BCUT2D eigenvalue weighted by molar-refractivity contribution is 0.306. The molecule has 26 heavy (non-hydrogen) atoms. The summed E-state index contributed by atoms with van der Waals surface area (Å²) in [6, 6.07) is 18.2. The first-order chi connectivity index (χ1) is 12.7. The highest BCUT2D eigenvalue weighted by molar-refractivity contribution is 5.57. The highest BCUT2D eigenvalue weighted by Crippen LogP contribution is 2.20. The van der Waals surface area contributed by atoms with Gasteiger partial charge in [-0.2, -0.15) is 10.1 Å². The summed E-state index contributed by atoms with van der Waals surface area (Å²) in [4.78, 5) is 4.43. The van der Waals surface area contributed by atoms with Crippen LogP contribution < -0.4 is 15.4 Å². The number of nitrogens with one attached hydrogen (secondary N) is 2. The van der Waals surface area contributed by atoms with Crippen molar-refractivity contribution in [2.45, 2.75) is 32.9 Å². The second-order valence-corrected chi connectivity index (χ2v) is 6.04. The number of aromatic nitrogens is 3. The highest BCUT2D eigenvalue weighted by atomic mass is 16.5. The Kier molecular flexibility index (Phi) is 5.98. The Morgan fingerprint density at radius 3 is 2.54 bits per heavy atom. The fourth-order valence-electron chi connectivity index (χ4n) is 2.27. The minimum absolute atomic E-state index is 0.299. The summed E-state index contributed by atoms with van der Waals surface area (Å²) in [6.45, 7) is 4.74. The van der Waals surface area contributed by atoms with Crippen LogP contribution in [0.5, 0.6) is 5.75 Å². The Labute approximate surface area is 153 Å². The van der Waals surface area contributed by atoms with Gasteiger partial charge in [-0.05, 0) is 43.2 Å². The van der Waals surface area contributed by atoms with Crippen molar-refractivity contribution in [3.63, 3.8) is 0 Å². The third-order valence-electron chi connectivity index (χ3n) is 3.92. The van der Waals surface area contributed by atoms with Gasteiger partial charge in [-0.15, -0.1) is 5.10 Å². The van der Waals surface area contributed by atoms with E-state index >= 15 is 0 Å². The zero-order valence-corrected chi connectivity index (χ0v) is 15.0. The molecule has 0 saturated carbocycles. The number of anilines is 3. The maximum Gasteiger partial charge on any atom is 0.244 e. The van der Waals surface area contributed by atoms with Crippen LogP contribution >= 0.6 is 0 Å². The zero-order chi connectivity index (χ0) is 18.2. The van der Waals surface area contributed by atoms with E-state index in [2.05, 4.69) is 39.7 Å². The Morgan fingerprint density at radius 1 is 1.04 bits per heavy atom. The molecule has 2 aromatic carbocycles. The van der Waals surface area contributed by atoms with Gasteiger partial charge in [0.15, 0.2) is 5.82 Å². The van der Waals surface area contributed by atoms with Crippen molar-refractivity contribution >= 4 is 17.5 Å². The van der Waals surface area contributed by atoms with Crippen LogP contribution in [0.4, 0.5) is 17.5 Å². The fraction of sp³-hybridized carbons (Fsp3) is 0.250. The van der Waals surface area contributed by atoms with Gasteiger partial charge in [0.1, 0.15) is 12.4 Å². The van der Waals surface area contributed by atoms with Crippen molar-refractivity contribution < 1.29 is 4.74 Å². The molecular formula is C20H23N5O. The van der Waals surface area contributed by atoms with Crippen LogP contribution in [0.2, 0.25) is 0 Å². The van der Waals surface area contributed by atoms with Crippen LogP contribution in [0.3, 0.4) is 0 Å². The molecule has 0 spiro atoms. The second-order valence-electron chi connectivity index (χ2n) is 6.04. The number of hydrogen-bond acceptors (Lipinski definition) is 6. The van der Waals surface area contributed by atoms with Gasteiger partial charge < -0.3 is 15.4 Å². The van der Waals surface area contributed by atoms with Crippen LogP contribution in [-0.2, 0) is 6.61 Å². The molecule has 0 saturated heterocycles. The van der Waals surface area contributed by atoms with Crippen molar-refractivity contribution in [1.29, 1.82) is 0 Å². The van der Waals surface area contributed by atoms with Gasteiger partial charge in [0, 0.05) is 11.7 Å². The predicted molar refractivity (Wildman–Crippen MR) is 104 cm³/mol. The number of benzene rings is 2. The molecular weight excluding hydrogens is 326 g/mol. The van der Waals surface area contributed by atoms with E-state index in [1.165, 1.54) is 0 Å². The Hall–Kier alpha value is -3.15. The summed E-state index contributed by atoms with van der Waals surface area (Å²) >= 11 is 0. The minimum atomic E-state index is 0.299. The van der Waals surface area contributed by atoms with Crippen molar-refractivity contribution in [3.05, 3.63) is 66.4 Å². The number of rotatable bonds is 8. The molecule has 2 N–H and O–H groups in total. The Balaban J connectivity index is 1.58. The van der Waals surface area contributed by atoms with E-state index in [1.54, 1.807) is 6.20 Å². The lowest BCUT2D eigenvalue weighted by Crippen LogP contribution is -2.16. The van der Waals surface area contributed by atoms with E-state index in [4.69, 9.17) is 4.74 Å². The molecule has 6 nitrogen and oxygen atoms in total. The molecule has 0 radical (unpaired) electrons. The SMILES string of the molecule is CCC(C)Nc1nncc(Nc2ccc(OCc3ccccc3)cc2)n1. The van der Waals surface area contributed by atoms with E-state index in [9.17, 15) is 0 Å². The lowest BCUT2D eigenvalue weighted by atomic mass is 10.2. The topological polar surface area (TPSA) is 72.0 Å². The maximum atomic E-state index is 5.80. The Morgan fingerprint density at radius 2 is 1.81 bits per heavy atom. The maximum absolute atomic E-state index is 5.80. The first kappa shape index (κ1) is 17.7. The molecule has 0 fully saturated rings. The quantitative estimate of drug-likeness (QED) is 0.628. The second kappa shape index (κ2) is 8.80. The smallest absolute Gasteiger partial charge is 0.244 e. The summed E-state index contributed by atoms with van der Waals surface area (Å²) in [6.07, 6.45) is 2.59.